The topological polar surface area (TPSA) is 49.2 Å². The van der Waals surface area contributed by atoms with Gasteiger partial charge in [0.05, 0.1) is 12.7 Å². The van der Waals surface area contributed by atoms with Crippen molar-refractivity contribution in [3.8, 4) is 22.8 Å². The van der Waals surface area contributed by atoms with Crippen LogP contribution < -0.4 is 4.74 Å². The zero-order valence-corrected chi connectivity index (χ0v) is 17.6. The second kappa shape index (κ2) is 10.2. The number of halogens is 4. The van der Waals surface area contributed by atoms with Crippen molar-refractivity contribution in [2.24, 2.45) is 0 Å². The number of rotatable bonds is 9. The first kappa shape index (κ1) is 22.5. The molecule has 0 atom stereocenters. The van der Waals surface area contributed by atoms with E-state index in [9.17, 15) is 13.2 Å². The van der Waals surface area contributed by atoms with Crippen molar-refractivity contribution in [2.45, 2.75) is 17.8 Å². The highest BCUT2D eigenvalue weighted by Crippen LogP contribution is 2.33. The van der Waals surface area contributed by atoms with E-state index in [0.29, 0.717) is 33.9 Å². The Morgan fingerprint density at radius 1 is 1.07 bits per heavy atom. The van der Waals surface area contributed by atoms with Crippen molar-refractivity contribution in [1.82, 2.24) is 14.8 Å². The molecule has 0 saturated heterocycles. The first-order valence-corrected chi connectivity index (χ1v) is 10.4. The Bertz CT molecular complexity index is 965. The van der Waals surface area contributed by atoms with Crippen LogP contribution in [0, 0.1) is 0 Å². The van der Waals surface area contributed by atoms with Gasteiger partial charge in [-0.3, -0.25) is 4.57 Å². The summed E-state index contributed by atoms with van der Waals surface area (Å²) in [7, 11) is 1.58. The lowest BCUT2D eigenvalue weighted by Crippen LogP contribution is -2.17. The molecule has 0 unspecified atom stereocenters. The van der Waals surface area contributed by atoms with Crippen LogP contribution >= 0.6 is 23.4 Å². The maximum absolute atomic E-state index is 12.2. The van der Waals surface area contributed by atoms with Gasteiger partial charge in [-0.2, -0.15) is 13.2 Å². The first-order valence-electron chi connectivity index (χ1n) is 9.01. The van der Waals surface area contributed by atoms with Gasteiger partial charge in [0, 0.05) is 23.1 Å². The lowest BCUT2D eigenvalue weighted by atomic mass is 10.2. The van der Waals surface area contributed by atoms with Crippen LogP contribution in [0.15, 0.2) is 53.7 Å². The Labute approximate surface area is 181 Å². The highest BCUT2D eigenvalue weighted by Gasteiger charge is 2.27. The Morgan fingerprint density at radius 3 is 2.50 bits per heavy atom. The molecule has 0 radical (unpaired) electrons. The van der Waals surface area contributed by atoms with Crippen molar-refractivity contribution < 1.29 is 22.6 Å². The summed E-state index contributed by atoms with van der Waals surface area (Å²) in [6.07, 6.45) is -3.87. The van der Waals surface area contributed by atoms with Gasteiger partial charge in [-0.1, -0.05) is 35.5 Å². The number of methoxy groups -OCH3 is 1. The molecule has 0 aliphatic heterocycles. The summed E-state index contributed by atoms with van der Waals surface area (Å²) < 4.78 is 48.4. The van der Waals surface area contributed by atoms with Crippen molar-refractivity contribution >= 4 is 23.4 Å². The van der Waals surface area contributed by atoms with Gasteiger partial charge in [0.15, 0.2) is 11.0 Å². The lowest BCUT2D eigenvalue weighted by Gasteiger charge is -2.12. The van der Waals surface area contributed by atoms with Gasteiger partial charge in [0.1, 0.15) is 12.4 Å². The molecule has 0 fully saturated rings. The normalized spacial score (nSPS) is 11.6. The van der Waals surface area contributed by atoms with E-state index in [4.69, 9.17) is 16.3 Å². The SMILES string of the molecule is COc1ccccc1-c1nnc(SCCCOCC(F)(F)F)n1-c1ccc(Cl)cc1. The predicted octanol–water partition coefficient (Wildman–Crippen LogP) is 5.66. The average Bonchev–Trinajstić information content (AvgIpc) is 3.14. The van der Waals surface area contributed by atoms with Crippen molar-refractivity contribution in [3.63, 3.8) is 0 Å². The fourth-order valence-electron chi connectivity index (χ4n) is 2.70. The number of ether oxygens (including phenoxy) is 2. The molecular formula is C20H19ClF3N3O2S. The molecule has 0 N–H and O–H groups in total. The molecule has 3 rings (SSSR count). The molecule has 1 heterocycles. The fraction of sp³-hybridized carbons (Fsp3) is 0.300. The molecule has 160 valence electrons. The summed E-state index contributed by atoms with van der Waals surface area (Å²) in [6, 6.07) is 14.7. The van der Waals surface area contributed by atoms with Crippen molar-refractivity contribution in [2.75, 3.05) is 26.1 Å². The maximum Gasteiger partial charge on any atom is 0.411 e. The molecule has 0 aliphatic rings. The second-order valence-electron chi connectivity index (χ2n) is 6.19. The van der Waals surface area contributed by atoms with Gasteiger partial charge in [0.25, 0.3) is 0 Å². The summed E-state index contributed by atoms with van der Waals surface area (Å²) in [5.74, 6) is 1.76. The largest absolute Gasteiger partial charge is 0.496 e. The zero-order chi connectivity index (χ0) is 21.6. The maximum atomic E-state index is 12.2. The van der Waals surface area contributed by atoms with E-state index >= 15 is 0 Å². The highest BCUT2D eigenvalue weighted by atomic mass is 35.5. The quantitative estimate of drug-likeness (QED) is 0.306. The van der Waals surface area contributed by atoms with Crippen LogP contribution in [-0.4, -0.2) is 47.0 Å². The van der Waals surface area contributed by atoms with Crippen LogP contribution in [-0.2, 0) is 4.74 Å². The van der Waals surface area contributed by atoms with Crippen LogP contribution in [0.1, 0.15) is 6.42 Å². The van der Waals surface area contributed by atoms with Gasteiger partial charge in [0.2, 0.25) is 0 Å². The van der Waals surface area contributed by atoms with E-state index in [1.54, 1.807) is 19.2 Å². The second-order valence-corrected chi connectivity index (χ2v) is 7.69. The van der Waals surface area contributed by atoms with Gasteiger partial charge in [-0.05, 0) is 42.8 Å². The van der Waals surface area contributed by atoms with Crippen molar-refractivity contribution in [1.29, 1.82) is 0 Å². The van der Waals surface area contributed by atoms with E-state index in [-0.39, 0.29) is 6.61 Å². The third-order valence-electron chi connectivity index (χ3n) is 4.00. The fourth-order valence-corrected chi connectivity index (χ4v) is 3.69. The van der Waals surface area contributed by atoms with Crippen molar-refractivity contribution in [3.05, 3.63) is 53.6 Å². The summed E-state index contributed by atoms with van der Waals surface area (Å²) in [5, 5.41) is 9.84. The summed E-state index contributed by atoms with van der Waals surface area (Å²) in [5.41, 5.74) is 1.57. The van der Waals surface area contributed by atoms with Gasteiger partial charge >= 0.3 is 6.18 Å². The third-order valence-corrected chi connectivity index (χ3v) is 5.26. The lowest BCUT2D eigenvalue weighted by molar-refractivity contribution is -0.173. The number of alkyl halides is 3. The van der Waals surface area contributed by atoms with Crippen LogP contribution in [0.5, 0.6) is 5.75 Å². The smallest absolute Gasteiger partial charge is 0.411 e. The van der Waals surface area contributed by atoms with E-state index in [1.165, 1.54) is 11.8 Å². The number of aromatic nitrogens is 3. The van der Waals surface area contributed by atoms with E-state index in [2.05, 4.69) is 14.9 Å². The summed E-state index contributed by atoms with van der Waals surface area (Å²) in [4.78, 5) is 0. The number of para-hydroxylation sites is 1. The number of nitrogens with zero attached hydrogens (tertiary/aromatic N) is 3. The van der Waals surface area contributed by atoms with Crippen LogP contribution in [0.4, 0.5) is 13.2 Å². The van der Waals surface area contributed by atoms with E-state index in [1.807, 2.05) is 41.0 Å². The van der Waals surface area contributed by atoms with E-state index in [0.717, 1.165) is 11.3 Å². The molecule has 0 amide bonds. The summed E-state index contributed by atoms with van der Waals surface area (Å²) >= 11 is 7.41. The molecule has 10 heteroatoms. The molecule has 5 nitrogen and oxygen atoms in total. The number of hydrogen-bond donors (Lipinski definition) is 0. The number of hydrogen-bond acceptors (Lipinski definition) is 5. The molecule has 0 aliphatic carbocycles. The van der Waals surface area contributed by atoms with Crippen LogP contribution in [0.2, 0.25) is 5.02 Å². The van der Waals surface area contributed by atoms with Gasteiger partial charge in [-0.15, -0.1) is 10.2 Å². The van der Waals surface area contributed by atoms with Gasteiger partial charge in [-0.25, -0.2) is 0 Å². The number of benzene rings is 2. The van der Waals surface area contributed by atoms with Gasteiger partial charge < -0.3 is 9.47 Å². The average molecular weight is 458 g/mol. The minimum absolute atomic E-state index is 0.0148. The van der Waals surface area contributed by atoms with Crippen LogP contribution in [0.25, 0.3) is 17.1 Å². The zero-order valence-electron chi connectivity index (χ0n) is 16.0. The Kier molecular flexibility index (Phi) is 7.63. The molecule has 0 saturated carbocycles. The molecule has 0 bridgehead atoms. The standard InChI is InChI=1S/C20H19ClF3N3O2S/c1-28-17-6-3-2-5-16(17)18-25-26-19(27(18)15-9-7-14(21)8-10-15)30-12-4-11-29-13-20(22,23)24/h2-3,5-10H,4,11-13H2,1H3. The Balaban J connectivity index is 1.81. The highest BCUT2D eigenvalue weighted by molar-refractivity contribution is 7.99. The third kappa shape index (κ3) is 5.90. The molecule has 0 spiro atoms. The molecule has 1 aromatic heterocycles. The Hall–Kier alpha value is -2.23. The minimum atomic E-state index is -4.31. The first-order chi connectivity index (χ1) is 14.4. The molecule has 2 aromatic carbocycles. The monoisotopic (exact) mass is 457 g/mol. The van der Waals surface area contributed by atoms with E-state index < -0.39 is 12.8 Å². The number of thioether (sulfide) groups is 1. The Morgan fingerprint density at radius 2 is 1.80 bits per heavy atom. The minimum Gasteiger partial charge on any atom is -0.496 e. The molecular weight excluding hydrogens is 439 g/mol. The predicted molar refractivity (Wildman–Crippen MR) is 111 cm³/mol. The molecule has 30 heavy (non-hydrogen) atoms. The summed E-state index contributed by atoms with van der Waals surface area (Å²) in [6.45, 7) is -1.22. The molecule has 3 aromatic rings. The van der Waals surface area contributed by atoms with Crippen LogP contribution in [0.3, 0.4) is 0 Å².